The maximum absolute atomic E-state index is 11.9. The lowest BCUT2D eigenvalue weighted by atomic mass is 10.0. The van der Waals surface area contributed by atoms with Crippen molar-refractivity contribution in [2.24, 2.45) is 5.73 Å². The van der Waals surface area contributed by atoms with Gasteiger partial charge in [0, 0.05) is 18.1 Å². The average Bonchev–Trinajstić information content (AvgIpc) is 2.38. The Labute approximate surface area is 116 Å². The Hall–Kier alpha value is -0.910. The summed E-state index contributed by atoms with van der Waals surface area (Å²) in [5, 5.41) is 2.95. The maximum atomic E-state index is 11.9. The van der Waals surface area contributed by atoms with E-state index >= 15 is 0 Å². The van der Waals surface area contributed by atoms with Crippen LogP contribution in [0.15, 0.2) is 28.7 Å². The molecule has 1 amide bonds. The fourth-order valence-corrected chi connectivity index (χ4v) is 1.96. The van der Waals surface area contributed by atoms with Crippen LogP contribution < -0.4 is 11.1 Å². The average molecular weight is 315 g/mol. The predicted octanol–water partition coefficient (Wildman–Crippen LogP) is 1.99. The summed E-state index contributed by atoms with van der Waals surface area (Å²) >= 11 is 3.39. The third-order valence-corrected chi connectivity index (χ3v) is 3.32. The second-order valence-electron chi connectivity index (χ2n) is 3.98. The van der Waals surface area contributed by atoms with Crippen molar-refractivity contribution in [3.05, 3.63) is 34.3 Å². The Kier molecular flexibility index (Phi) is 6.32. The fraction of sp³-hybridized carbons (Fsp3) is 0.462. The summed E-state index contributed by atoms with van der Waals surface area (Å²) in [5.74, 6) is -0.172. The van der Waals surface area contributed by atoms with E-state index in [4.69, 9.17) is 10.5 Å². The zero-order valence-electron chi connectivity index (χ0n) is 10.7. The molecule has 1 aromatic carbocycles. The number of nitrogens with two attached hydrogens (primary N) is 1. The third kappa shape index (κ3) is 4.08. The number of carbonyl (C=O) groups is 1. The molecule has 0 aliphatic rings. The minimum atomic E-state index is -0.588. The minimum absolute atomic E-state index is 0.0187. The molecule has 0 fully saturated rings. The van der Waals surface area contributed by atoms with Crippen LogP contribution in [-0.2, 0) is 9.53 Å². The van der Waals surface area contributed by atoms with Crippen molar-refractivity contribution < 1.29 is 9.53 Å². The van der Waals surface area contributed by atoms with Crippen molar-refractivity contribution >= 4 is 21.8 Å². The van der Waals surface area contributed by atoms with Crippen LogP contribution in [0.3, 0.4) is 0 Å². The van der Waals surface area contributed by atoms with Gasteiger partial charge in [-0.1, -0.05) is 35.0 Å². The Morgan fingerprint density at radius 2 is 2.06 bits per heavy atom. The molecule has 0 spiro atoms. The lowest BCUT2D eigenvalue weighted by molar-refractivity contribution is -0.131. The van der Waals surface area contributed by atoms with Gasteiger partial charge in [0.2, 0.25) is 0 Å². The lowest BCUT2D eigenvalue weighted by Crippen LogP contribution is -2.42. The molecular weight excluding hydrogens is 296 g/mol. The van der Waals surface area contributed by atoms with Gasteiger partial charge in [-0.25, -0.2) is 0 Å². The number of ether oxygens (including phenoxy) is 1. The summed E-state index contributed by atoms with van der Waals surface area (Å²) in [4.78, 5) is 11.9. The van der Waals surface area contributed by atoms with Crippen molar-refractivity contribution in [2.45, 2.75) is 25.5 Å². The third-order valence-electron chi connectivity index (χ3n) is 2.79. The summed E-state index contributed by atoms with van der Waals surface area (Å²) in [6.45, 7) is 2.20. The van der Waals surface area contributed by atoms with Gasteiger partial charge in [-0.3, -0.25) is 4.79 Å². The zero-order chi connectivity index (χ0) is 13.5. The molecule has 0 aliphatic carbocycles. The number of nitrogens with one attached hydrogen (secondary N) is 1. The van der Waals surface area contributed by atoms with E-state index in [-0.39, 0.29) is 18.5 Å². The Morgan fingerprint density at radius 3 is 2.50 bits per heavy atom. The minimum Gasteiger partial charge on any atom is -0.370 e. The molecular formula is C13H19BrN2O2. The first kappa shape index (κ1) is 15.1. The Morgan fingerprint density at radius 1 is 1.44 bits per heavy atom. The molecule has 5 heteroatoms. The first-order valence-corrected chi connectivity index (χ1v) is 6.70. The van der Waals surface area contributed by atoms with Gasteiger partial charge in [0.15, 0.2) is 0 Å². The zero-order valence-corrected chi connectivity index (χ0v) is 12.2. The molecule has 0 bridgehead atoms. The van der Waals surface area contributed by atoms with Crippen molar-refractivity contribution in [1.82, 2.24) is 5.32 Å². The number of benzene rings is 1. The molecule has 4 nitrogen and oxygen atoms in total. The highest BCUT2D eigenvalue weighted by Crippen LogP contribution is 2.19. The SMILES string of the molecule is CCC(NC(=O)C(CN)OC)c1ccc(Br)cc1. The number of methoxy groups -OCH3 is 1. The fourth-order valence-electron chi connectivity index (χ4n) is 1.69. The second kappa shape index (κ2) is 7.51. The van der Waals surface area contributed by atoms with Crippen molar-refractivity contribution in [2.75, 3.05) is 13.7 Å². The van der Waals surface area contributed by atoms with E-state index in [0.717, 1.165) is 16.5 Å². The van der Waals surface area contributed by atoms with E-state index in [1.807, 2.05) is 31.2 Å². The molecule has 0 saturated heterocycles. The van der Waals surface area contributed by atoms with Gasteiger partial charge in [0.05, 0.1) is 6.04 Å². The number of hydrogen-bond acceptors (Lipinski definition) is 3. The van der Waals surface area contributed by atoms with Crippen LogP contribution in [0, 0.1) is 0 Å². The number of halogens is 1. The van der Waals surface area contributed by atoms with Gasteiger partial charge in [0.25, 0.3) is 5.91 Å². The summed E-state index contributed by atoms with van der Waals surface area (Å²) in [6, 6.07) is 7.88. The van der Waals surface area contributed by atoms with Crippen LogP contribution in [0.25, 0.3) is 0 Å². The van der Waals surface area contributed by atoms with Crippen LogP contribution in [0.4, 0.5) is 0 Å². The van der Waals surface area contributed by atoms with Crippen LogP contribution >= 0.6 is 15.9 Å². The summed E-state index contributed by atoms with van der Waals surface area (Å²) in [5.41, 5.74) is 6.54. The van der Waals surface area contributed by atoms with Crippen molar-refractivity contribution in [3.63, 3.8) is 0 Å². The normalized spacial score (nSPS) is 14.0. The highest BCUT2D eigenvalue weighted by atomic mass is 79.9. The van der Waals surface area contributed by atoms with E-state index in [1.165, 1.54) is 7.11 Å². The molecule has 1 rings (SSSR count). The molecule has 2 unspecified atom stereocenters. The first-order valence-electron chi connectivity index (χ1n) is 5.91. The van der Waals surface area contributed by atoms with Gasteiger partial charge >= 0.3 is 0 Å². The Bertz CT molecular complexity index is 377. The smallest absolute Gasteiger partial charge is 0.250 e. The molecule has 2 atom stereocenters. The largest absolute Gasteiger partial charge is 0.370 e. The molecule has 3 N–H and O–H groups in total. The second-order valence-corrected chi connectivity index (χ2v) is 4.90. The van der Waals surface area contributed by atoms with Crippen LogP contribution in [0.2, 0.25) is 0 Å². The molecule has 0 aromatic heterocycles. The van der Waals surface area contributed by atoms with Gasteiger partial charge in [-0.05, 0) is 24.1 Å². The quantitative estimate of drug-likeness (QED) is 0.844. The van der Waals surface area contributed by atoms with Crippen LogP contribution in [-0.4, -0.2) is 25.7 Å². The molecule has 1 aromatic rings. The predicted molar refractivity (Wildman–Crippen MR) is 75.2 cm³/mol. The number of hydrogen-bond donors (Lipinski definition) is 2. The first-order chi connectivity index (χ1) is 8.62. The van der Waals surface area contributed by atoms with Crippen LogP contribution in [0.5, 0.6) is 0 Å². The molecule has 18 heavy (non-hydrogen) atoms. The molecule has 100 valence electrons. The highest BCUT2D eigenvalue weighted by Gasteiger charge is 2.19. The van der Waals surface area contributed by atoms with E-state index in [1.54, 1.807) is 0 Å². The molecule has 0 heterocycles. The number of carbonyl (C=O) groups excluding carboxylic acids is 1. The van der Waals surface area contributed by atoms with E-state index in [2.05, 4.69) is 21.2 Å². The topological polar surface area (TPSA) is 64.4 Å². The number of rotatable bonds is 6. The summed E-state index contributed by atoms with van der Waals surface area (Å²) in [6.07, 6.45) is 0.225. The van der Waals surface area contributed by atoms with Crippen molar-refractivity contribution in [1.29, 1.82) is 0 Å². The molecule has 0 radical (unpaired) electrons. The molecule has 0 saturated carbocycles. The maximum Gasteiger partial charge on any atom is 0.250 e. The van der Waals surface area contributed by atoms with Gasteiger partial charge in [-0.2, -0.15) is 0 Å². The van der Waals surface area contributed by atoms with E-state index in [0.29, 0.717) is 0 Å². The van der Waals surface area contributed by atoms with Gasteiger partial charge in [-0.15, -0.1) is 0 Å². The van der Waals surface area contributed by atoms with E-state index in [9.17, 15) is 4.79 Å². The summed E-state index contributed by atoms with van der Waals surface area (Å²) in [7, 11) is 1.48. The highest BCUT2D eigenvalue weighted by molar-refractivity contribution is 9.10. The lowest BCUT2D eigenvalue weighted by Gasteiger charge is -2.20. The van der Waals surface area contributed by atoms with E-state index < -0.39 is 6.10 Å². The van der Waals surface area contributed by atoms with Crippen molar-refractivity contribution in [3.8, 4) is 0 Å². The van der Waals surface area contributed by atoms with Crippen LogP contribution in [0.1, 0.15) is 24.9 Å². The standard InChI is InChI=1S/C13H19BrN2O2/c1-3-11(9-4-6-10(14)7-5-9)16-13(17)12(8-15)18-2/h4-7,11-12H,3,8,15H2,1-2H3,(H,16,17). The van der Waals surface area contributed by atoms with Gasteiger partial charge in [0.1, 0.15) is 6.10 Å². The van der Waals surface area contributed by atoms with Gasteiger partial charge < -0.3 is 15.8 Å². The monoisotopic (exact) mass is 314 g/mol. The summed E-state index contributed by atoms with van der Waals surface area (Å²) < 4.78 is 6.03. The Balaban J connectivity index is 2.73. The number of amides is 1. The molecule has 0 aliphatic heterocycles.